The summed E-state index contributed by atoms with van der Waals surface area (Å²) in [6.07, 6.45) is 6.58. The number of carbonyl (C=O) groups excluding carboxylic acids is 1. The van der Waals surface area contributed by atoms with Gasteiger partial charge < -0.3 is 10.6 Å². The Labute approximate surface area is 92.0 Å². The van der Waals surface area contributed by atoms with Gasteiger partial charge in [-0.25, -0.2) is 0 Å². The summed E-state index contributed by atoms with van der Waals surface area (Å²) in [5.41, 5.74) is 5.66. The Kier molecular flexibility index (Phi) is 3.01. The van der Waals surface area contributed by atoms with E-state index in [1.165, 1.54) is 12.8 Å². The van der Waals surface area contributed by atoms with E-state index >= 15 is 0 Å². The standard InChI is InChI=1S/C12H22N2O/c1-2-14(9-10-5-6-10)11(15)12(13)7-3-4-8-12/h10H,2-9,13H2,1H3. The zero-order valence-electron chi connectivity index (χ0n) is 9.67. The Balaban J connectivity index is 1.96. The lowest BCUT2D eigenvalue weighted by molar-refractivity contribution is -0.136. The molecule has 0 spiro atoms. The minimum absolute atomic E-state index is 0.203. The average molecular weight is 210 g/mol. The summed E-state index contributed by atoms with van der Waals surface area (Å²) >= 11 is 0. The first-order valence-electron chi connectivity index (χ1n) is 6.24. The fraction of sp³-hybridized carbons (Fsp3) is 0.917. The summed E-state index contributed by atoms with van der Waals surface area (Å²) in [5, 5.41) is 0. The zero-order valence-corrected chi connectivity index (χ0v) is 9.67. The van der Waals surface area contributed by atoms with Crippen LogP contribution in [-0.2, 0) is 4.79 Å². The average Bonchev–Trinajstić information content (AvgIpc) is 2.95. The van der Waals surface area contributed by atoms with E-state index < -0.39 is 5.54 Å². The topological polar surface area (TPSA) is 46.3 Å². The highest BCUT2D eigenvalue weighted by Crippen LogP contribution is 2.33. The molecule has 0 unspecified atom stereocenters. The molecule has 0 radical (unpaired) electrons. The van der Waals surface area contributed by atoms with Crippen molar-refractivity contribution in [3.63, 3.8) is 0 Å². The first-order valence-corrected chi connectivity index (χ1v) is 6.24. The molecule has 0 aromatic heterocycles. The van der Waals surface area contributed by atoms with Gasteiger partial charge in [0.15, 0.2) is 0 Å². The Hall–Kier alpha value is -0.570. The third kappa shape index (κ3) is 2.33. The third-order valence-corrected chi connectivity index (χ3v) is 3.77. The van der Waals surface area contributed by atoms with Gasteiger partial charge in [-0.3, -0.25) is 4.79 Å². The van der Waals surface area contributed by atoms with E-state index in [0.29, 0.717) is 0 Å². The van der Waals surface area contributed by atoms with Crippen LogP contribution in [0.2, 0.25) is 0 Å². The maximum atomic E-state index is 12.3. The lowest BCUT2D eigenvalue weighted by Crippen LogP contribution is -2.54. The Morgan fingerprint density at radius 2 is 2.00 bits per heavy atom. The first kappa shape index (κ1) is 10.9. The molecular formula is C12H22N2O. The number of likely N-dealkylation sites (N-methyl/N-ethyl adjacent to an activating group) is 1. The largest absolute Gasteiger partial charge is 0.341 e. The fourth-order valence-electron chi connectivity index (χ4n) is 2.50. The molecule has 2 aliphatic carbocycles. The van der Waals surface area contributed by atoms with Crippen LogP contribution in [0.15, 0.2) is 0 Å². The third-order valence-electron chi connectivity index (χ3n) is 3.77. The molecule has 3 nitrogen and oxygen atoms in total. The molecule has 0 bridgehead atoms. The van der Waals surface area contributed by atoms with Gasteiger partial charge in [-0.1, -0.05) is 12.8 Å². The molecule has 86 valence electrons. The van der Waals surface area contributed by atoms with E-state index in [-0.39, 0.29) is 5.91 Å². The highest BCUT2D eigenvalue weighted by Gasteiger charge is 2.40. The van der Waals surface area contributed by atoms with Crippen LogP contribution in [0.1, 0.15) is 45.4 Å². The quantitative estimate of drug-likeness (QED) is 0.764. The van der Waals surface area contributed by atoms with E-state index in [4.69, 9.17) is 5.73 Å². The van der Waals surface area contributed by atoms with E-state index in [0.717, 1.165) is 44.7 Å². The number of carbonyl (C=O) groups is 1. The molecule has 2 rings (SSSR count). The predicted octanol–water partition coefficient (Wildman–Crippen LogP) is 1.52. The molecule has 2 N–H and O–H groups in total. The number of hydrogen-bond acceptors (Lipinski definition) is 2. The van der Waals surface area contributed by atoms with E-state index in [1.807, 2.05) is 4.90 Å². The SMILES string of the molecule is CCN(CC1CC1)C(=O)C1(N)CCCC1. The van der Waals surface area contributed by atoms with Crippen LogP contribution in [0.5, 0.6) is 0 Å². The summed E-state index contributed by atoms with van der Waals surface area (Å²) in [4.78, 5) is 14.2. The van der Waals surface area contributed by atoms with Crippen LogP contribution in [0.4, 0.5) is 0 Å². The Morgan fingerprint density at radius 1 is 1.40 bits per heavy atom. The smallest absolute Gasteiger partial charge is 0.242 e. The molecule has 0 aromatic rings. The molecule has 0 aliphatic heterocycles. The van der Waals surface area contributed by atoms with Crippen molar-refractivity contribution in [2.75, 3.05) is 13.1 Å². The predicted molar refractivity (Wildman–Crippen MR) is 60.4 cm³/mol. The van der Waals surface area contributed by atoms with Crippen LogP contribution in [-0.4, -0.2) is 29.4 Å². The molecular weight excluding hydrogens is 188 g/mol. The lowest BCUT2D eigenvalue weighted by Gasteiger charge is -2.30. The minimum atomic E-state index is -0.523. The van der Waals surface area contributed by atoms with Gasteiger partial charge in [0.05, 0.1) is 5.54 Å². The summed E-state index contributed by atoms with van der Waals surface area (Å²) < 4.78 is 0. The summed E-state index contributed by atoms with van der Waals surface area (Å²) in [6, 6.07) is 0. The van der Waals surface area contributed by atoms with Crippen molar-refractivity contribution in [3.05, 3.63) is 0 Å². The Morgan fingerprint density at radius 3 is 2.47 bits per heavy atom. The highest BCUT2D eigenvalue weighted by molar-refractivity contribution is 5.86. The van der Waals surface area contributed by atoms with Crippen molar-refractivity contribution in [2.24, 2.45) is 11.7 Å². The van der Waals surface area contributed by atoms with Gasteiger partial charge >= 0.3 is 0 Å². The number of amides is 1. The molecule has 1 amide bonds. The van der Waals surface area contributed by atoms with Gasteiger partial charge in [0.2, 0.25) is 5.91 Å². The molecule has 0 atom stereocenters. The Bertz CT molecular complexity index is 242. The van der Waals surface area contributed by atoms with Gasteiger partial charge in [0.1, 0.15) is 0 Å². The van der Waals surface area contributed by atoms with E-state index in [2.05, 4.69) is 6.92 Å². The van der Waals surface area contributed by atoms with Gasteiger partial charge in [-0.05, 0) is 38.5 Å². The summed E-state index contributed by atoms with van der Waals surface area (Å²) in [7, 11) is 0. The summed E-state index contributed by atoms with van der Waals surface area (Å²) in [5.74, 6) is 0.966. The zero-order chi connectivity index (χ0) is 10.9. The van der Waals surface area contributed by atoms with E-state index in [9.17, 15) is 4.79 Å². The van der Waals surface area contributed by atoms with Gasteiger partial charge in [-0.2, -0.15) is 0 Å². The molecule has 3 heteroatoms. The first-order chi connectivity index (χ1) is 7.15. The van der Waals surface area contributed by atoms with Crippen molar-refractivity contribution in [3.8, 4) is 0 Å². The number of hydrogen-bond donors (Lipinski definition) is 1. The van der Waals surface area contributed by atoms with Crippen LogP contribution < -0.4 is 5.73 Å². The molecule has 2 fully saturated rings. The normalized spacial score (nSPS) is 24.1. The van der Waals surface area contributed by atoms with Crippen LogP contribution in [0.3, 0.4) is 0 Å². The number of nitrogens with two attached hydrogens (primary N) is 1. The van der Waals surface area contributed by atoms with Crippen LogP contribution >= 0.6 is 0 Å². The molecule has 0 aromatic carbocycles. The second kappa shape index (κ2) is 4.12. The monoisotopic (exact) mass is 210 g/mol. The molecule has 0 heterocycles. The van der Waals surface area contributed by atoms with Crippen molar-refractivity contribution in [1.82, 2.24) is 4.90 Å². The lowest BCUT2D eigenvalue weighted by atomic mass is 9.97. The van der Waals surface area contributed by atoms with Gasteiger partial charge in [0, 0.05) is 13.1 Å². The van der Waals surface area contributed by atoms with Crippen molar-refractivity contribution in [2.45, 2.75) is 51.0 Å². The fourth-order valence-corrected chi connectivity index (χ4v) is 2.50. The minimum Gasteiger partial charge on any atom is -0.341 e. The maximum absolute atomic E-state index is 12.3. The molecule has 2 saturated carbocycles. The molecule has 15 heavy (non-hydrogen) atoms. The van der Waals surface area contributed by atoms with Crippen LogP contribution in [0.25, 0.3) is 0 Å². The molecule has 2 aliphatic rings. The highest BCUT2D eigenvalue weighted by atomic mass is 16.2. The second-order valence-corrected chi connectivity index (χ2v) is 5.15. The van der Waals surface area contributed by atoms with Gasteiger partial charge in [-0.15, -0.1) is 0 Å². The van der Waals surface area contributed by atoms with E-state index in [1.54, 1.807) is 0 Å². The van der Waals surface area contributed by atoms with Crippen molar-refractivity contribution in [1.29, 1.82) is 0 Å². The van der Waals surface area contributed by atoms with Crippen molar-refractivity contribution >= 4 is 5.91 Å². The molecule has 0 saturated heterocycles. The number of nitrogens with zero attached hydrogens (tertiary/aromatic N) is 1. The maximum Gasteiger partial charge on any atom is 0.242 e. The number of rotatable bonds is 4. The van der Waals surface area contributed by atoms with Crippen molar-refractivity contribution < 1.29 is 4.79 Å². The second-order valence-electron chi connectivity index (χ2n) is 5.15. The van der Waals surface area contributed by atoms with Gasteiger partial charge in [0.25, 0.3) is 0 Å². The summed E-state index contributed by atoms with van der Waals surface area (Å²) in [6.45, 7) is 3.81. The van der Waals surface area contributed by atoms with Crippen LogP contribution in [0, 0.1) is 5.92 Å².